The van der Waals surface area contributed by atoms with Crippen LogP contribution in [0, 0.1) is 38.2 Å². The molecule has 0 heterocycles. The molecule has 0 radical (unpaired) electrons. The van der Waals surface area contributed by atoms with E-state index in [1.54, 1.807) is 0 Å². The highest BCUT2D eigenvalue weighted by Gasteiger charge is 2.80. The maximum absolute atomic E-state index is 11.5. The van der Waals surface area contributed by atoms with Crippen LogP contribution < -0.4 is 0 Å². The summed E-state index contributed by atoms with van der Waals surface area (Å²) in [4.78, 5) is 10.0. The van der Waals surface area contributed by atoms with Crippen molar-refractivity contribution in [3.8, 4) is 0 Å². The Hall–Kier alpha value is -0.310. The summed E-state index contributed by atoms with van der Waals surface area (Å²) in [6, 6.07) is 0. The standard InChI is InChI=1S/C15H24ClNO2/c1-10-11-8-14(11)12(2,3)6-5-7-13(14,4)9-15(10,16)17(18)19/h10-11H,5-9H2,1-4H3/t10-,11+,13+,14+,15-/m1/s1. The molecule has 19 heavy (non-hydrogen) atoms. The number of nitro groups is 1. The molecule has 3 saturated carbocycles. The van der Waals surface area contributed by atoms with E-state index in [0.29, 0.717) is 23.2 Å². The molecule has 3 rings (SSSR count). The molecule has 0 amide bonds. The summed E-state index contributed by atoms with van der Waals surface area (Å²) >= 11 is 6.48. The molecule has 3 fully saturated rings. The van der Waals surface area contributed by atoms with Gasteiger partial charge in [0.1, 0.15) is 0 Å². The predicted octanol–water partition coefficient (Wildman–Crippen LogP) is 4.46. The third-order valence-corrected chi connectivity index (χ3v) is 7.69. The van der Waals surface area contributed by atoms with Crippen LogP contribution in [0.3, 0.4) is 0 Å². The Kier molecular flexibility index (Phi) is 2.49. The maximum Gasteiger partial charge on any atom is 0.298 e. The van der Waals surface area contributed by atoms with E-state index in [9.17, 15) is 10.1 Å². The first-order valence-electron chi connectivity index (χ1n) is 7.44. The lowest BCUT2D eigenvalue weighted by molar-refractivity contribution is -0.562. The largest absolute Gasteiger partial charge is 0.298 e. The zero-order valence-corrected chi connectivity index (χ0v) is 13.1. The molecule has 1 spiro atoms. The number of nitrogens with zero attached hydrogens (tertiary/aromatic N) is 1. The minimum absolute atomic E-state index is 0.0189. The van der Waals surface area contributed by atoms with Crippen LogP contribution in [0.2, 0.25) is 0 Å². The van der Waals surface area contributed by atoms with Crippen LogP contribution in [0.4, 0.5) is 0 Å². The van der Waals surface area contributed by atoms with E-state index in [2.05, 4.69) is 20.8 Å². The van der Waals surface area contributed by atoms with Gasteiger partial charge < -0.3 is 0 Å². The highest BCUT2D eigenvalue weighted by molar-refractivity contribution is 6.23. The monoisotopic (exact) mass is 285 g/mol. The Morgan fingerprint density at radius 2 is 1.89 bits per heavy atom. The Morgan fingerprint density at radius 3 is 2.47 bits per heavy atom. The summed E-state index contributed by atoms with van der Waals surface area (Å²) in [5, 5.41) is 11.5. The van der Waals surface area contributed by atoms with Crippen molar-refractivity contribution in [3.63, 3.8) is 0 Å². The summed E-state index contributed by atoms with van der Waals surface area (Å²) in [5.74, 6) is 0.416. The predicted molar refractivity (Wildman–Crippen MR) is 75.6 cm³/mol. The van der Waals surface area contributed by atoms with Crippen LogP contribution >= 0.6 is 11.6 Å². The lowest BCUT2D eigenvalue weighted by atomic mass is 9.48. The Morgan fingerprint density at radius 1 is 1.26 bits per heavy atom. The molecule has 0 N–H and O–H groups in total. The second kappa shape index (κ2) is 3.47. The van der Waals surface area contributed by atoms with E-state index in [0.717, 1.165) is 12.8 Å². The van der Waals surface area contributed by atoms with Crippen molar-refractivity contribution in [2.24, 2.45) is 28.1 Å². The zero-order valence-electron chi connectivity index (χ0n) is 12.3. The van der Waals surface area contributed by atoms with E-state index >= 15 is 0 Å². The first-order valence-corrected chi connectivity index (χ1v) is 7.82. The van der Waals surface area contributed by atoms with Crippen LogP contribution in [-0.2, 0) is 0 Å². The molecular weight excluding hydrogens is 262 g/mol. The molecule has 3 aliphatic rings. The summed E-state index contributed by atoms with van der Waals surface area (Å²) in [6.45, 7) is 8.99. The van der Waals surface area contributed by atoms with Crippen molar-refractivity contribution in [2.75, 3.05) is 0 Å². The first kappa shape index (κ1) is 13.7. The van der Waals surface area contributed by atoms with E-state index in [4.69, 9.17) is 11.6 Å². The quantitative estimate of drug-likeness (QED) is 0.309. The van der Waals surface area contributed by atoms with E-state index in [-0.39, 0.29) is 16.3 Å². The lowest BCUT2D eigenvalue weighted by Gasteiger charge is -2.57. The van der Waals surface area contributed by atoms with Gasteiger partial charge in [0.15, 0.2) is 0 Å². The number of halogens is 1. The summed E-state index contributed by atoms with van der Waals surface area (Å²) < 4.78 is 0. The molecule has 0 bridgehead atoms. The molecule has 5 atom stereocenters. The molecule has 108 valence electrons. The minimum Gasteiger partial charge on any atom is -0.263 e. The van der Waals surface area contributed by atoms with Gasteiger partial charge in [-0.1, -0.05) is 34.1 Å². The molecule has 0 aromatic carbocycles. The molecular formula is C15H24ClNO2. The van der Waals surface area contributed by atoms with Gasteiger partial charge in [-0.05, 0) is 53.0 Å². The van der Waals surface area contributed by atoms with Crippen LogP contribution in [0.1, 0.15) is 59.8 Å². The molecule has 3 aliphatic carbocycles. The van der Waals surface area contributed by atoms with Crippen molar-refractivity contribution in [3.05, 3.63) is 10.1 Å². The molecule has 4 heteroatoms. The highest BCUT2D eigenvalue weighted by atomic mass is 35.5. The van der Waals surface area contributed by atoms with Crippen LogP contribution in [0.25, 0.3) is 0 Å². The van der Waals surface area contributed by atoms with Gasteiger partial charge in [0.05, 0.1) is 0 Å². The molecule has 3 nitrogen and oxygen atoms in total. The van der Waals surface area contributed by atoms with E-state index in [1.165, 1.54) is 12.8 Å². The van der Waals surface area contributed by atoms with Crippen molar-refractivity contribution in [1.82, 2.24) is 0 Å². The molecule has 0 unspecified atom stereocenters. The number of alkyl halides is 1. The Labute approximate surface area is 120 Å². The number of rotatable bonds is 1. The van der Waals surface area contributed by atoms with Gasteiger partial charge in [-0.15, -0.1) is 0 Å². The second-order valence-corrected chi connectivity index (χ2v) is 8.78. The second-order valence-electron chi connectivity index (χ2n) is 8.12. The fourth-order valence-electron chi connectivity index (χ4n) is 6.04. The van der Waals surface area contributed by atoms with Crippen LogP contribution in [-0.4, -0.2) is 9.92 Å². The number of hydrogen-bond donors (Lipinski definition) is 0. The van der Waals surface area contributed by atoms with Gasteiger partial charge in [-0.3, -0.25) is 10.1 Å². The smallest absolute Gasteiger partial charge is 0.263 e. The summed E-state index contributed by atoms with van der Waals surface area (Å²) in [6.07, 6.45) is 5.20. The Balaban J connectivity index is 2.07. The average Bonchev–Trinajstić information content (AvgIpc) is 3.01. The van der Waals surface area contributed by atoms with Crippen molar-refractivity contribution >= 4 is 11.6 Å². The van der Waals surface area contributed by atoms with Crippen LogP contribution in [0.15, 0.2) is 0 Å². The fraction of sp³-hybridized carbons (Fsp3) is 1.00. The highest BCUT2D eigenvalue weighted by Crippen LogP contribution is 2.83. The van der Waals surface area contributed by atoms with E-state index in [1.807, 2.05) is 6.92 Å². The summed E-state index contributed by atoms with van der Waals surface area (Å²) in [5.41, 5.74) is 0.639. The Bertz CT molecular complexity index is 451. The summed E-state index contributed by atoms with van der Waals surface area (Å²) in [7, 11) is 0. The van der Waals surface area contributed by atoms with Gasteiger partial charge in [0, 0.05) is 17.3 Å². The van der Waals surface area contributed by atoms with Gasteiger partial charge in [0.2, 0.25) is 0 Å². The topological polar surface area (TPSA) is 43.1 Å². The third-order valence-electron chi connectivity index (χ3n) is 7.07. The zero-order chi connectivity index (χ0) is 14.3. The molecule has 0 saturated heterocycles. The van der Waals surface area contributed by atoms with Crippen molar-refractivity contribution in [1.29, 1.82) is 0 Å². The van der Waals surface area contributed by atoms with Crippen molar-refractivity contribution in [2.45, 2.75) is 64.8 Å². The average molecular weight is 286 g/mol. The van der Waals surface area contributed by atoms with Crippen molar-refractivity contribution < 1.29 is 4.92 Å². The van der Waals surface area contributed by atoms with Gasteiger partial charge in [0.25, 0.3) is 5.00 Å². The molecule has 0 aliphatic heterocycles. The van der Waals surface area contributed by atoms with E-state index < -0.39 is 5.00 Å². The normalized spacial score (nSPS) is 55.0. The fourth-order valence-corrected chi connectivity index (χ4v) is 6.49. The SMILES string of the molecule is C[C@@H]1[C@@H]2C[C@@]23C(C)(C)CCC[C@@]3(C)C[C@@]1(Cl)[N+](=O)[O-]. The molecule has 0 aromatic rings. The van der Waals surface area contributed by atoms with Gasteiger partial charge in [-0.2, -0.15) is 0 Å². The van der Waals surface area contributed by atoms with Crippen LogP contribution in [0.5, 0.6) is 0 Å². The van der Waals surface area contributed by atoms with Gasteiger partial charge in [-0.25, -0.2) is 0 Å². The first-order chi connectivity index (χ1) is 8.61. The van der Waals surface area contributed by atoms with Gasteiger partial charge >= 0.3 is 0 Å². The minimum atomic E-state index is -1.24. The molecule has 0 aromatic heterocycles. The lowest BCUT2D eigenvalue weighted by Crippen LogP contribution is -2.57. The maximum atomic E-state index is 11.5. The number of hydrogen-bond acceptors (Lipinski definition) is 2. The third kappa shape index (κ3) is 1.36.